The van der Waals surface area contributed by atoms with Crippen molar-refractivity contribution < 1.29 is 32.6 Å². The zero-order valence-corrected chi connectivity index (χ0v) is 17.0. The number of alkyl halides is 3. The van der Waals surface area contributed by atoms with Gasteiger partial charge in [-0.05, 0) is 24.3 Å². The first-order valence-electron chi connectivity index (χ1n) is 9.17. The number of benzene rings is 2. The number of aromatic hydroxyl groups is 1. The van der Waals surface area contributed by atoms with Gasteiger partial charge in [-0.3, -0.25) is 4.79 Å². The van der Waals surface area contributed by atoms with Crippen LogP contribution in [0.4, 0.5) is 18.9 Å². The number of halogens is 3. The van der Waals surface area contributed by atoms with Crippen molar-refractivity contribution in [2.24, 2.45) is 5.16 Å². The summed E-state index contributed by atoms with van der Waals surface area (Å²) >= 11 is 0. The Hall–Kier alpha value is -4.08. The topological polar surface area (TPSA) is 93.0 Å². The standard InChI is InChI=1S/C22H18F3N3O4/c1-31-17-11-12-26-19(20(17)29)21(30)27-16-9-5-14(6-10-16)18(28-32-2)13-3-7-15(8-4-13)22(23,24)25/h3-12,29H,1-2H3,(H,27,30). The Morgan fingerprint density at radius 1 is 1.00 bits per heavy atom. The highest BCUT2D eigenvalue weighted by molar-refractivity contribution is 6.13. The van der Waals surface area contributed by atoms with Gasteiger partial charge in [-0.25, -0.2) is 4.98 Å². The van der Waals surface area contributed by atoms with Crippen LogP contribution >= 0.6 is 0 Å². The number of oxime groups is 1. The van der Waals surface area contributed by atoms with E-state index < -0.39 is 17.6 Å². The summed E-state index contributed by atoms with van der Waals surface area (Å²) in [4.78, 5) is 21.1. The lowest BCUT2D eigenvalue weighted by atomic mass is 10.0. The lowest BCUT2D eigenvalue weighted by Gasteiger charge is -2.11. The van der Waals surface area contributed by atoms with Crippen molar-refractivity contribution in [3.63, 3.8) is 0 Å². The summed E-state index contributed by atoms with van der Waals surface area (Å²) < 4.78 is 43.4. The maximum Gasteiger partial charge on any atom is 0.416 e. The van der Waals surface area contributed by atoms with Gasteiger partial charge in [-0.1, -0.05) is 29.4 Å². The molecule has 0 spiro atoms. The Balaban J connectivity index is 1.81. The van der Waals surface area contributed by atoms with E-state index >= 15 is 0 Å². The minimum absolute atomic E-state index is 0.109. The van der Waals surface area contributed by atoms with Crippen LogP contribution < -0.4 is 10.1 Å². The normalized spacial score (nSPS) is 11.7. The maximum absolute atomic E-state index is 12.8. The summed E-state index contributed by atoms with van der Waals surface area (Å²) in [5.74, 6) is -0.930. The molecule has 0 unspecified atom stereocenters. The summed E-state index contributed by atoms with van der Waals surface area (Å²) in [5, 5.41) is 16.6. The number of anilines is 1. The average molecular weight is 445 g/mol. The number of ether oxygens (including phenoxy) is 1. The molecular formula is C22H18F3N3O4. The van der Waals surface area contributed by atoms with Crippen LogP contribution in [-0.2, 0) is 11.0 Å². The van der Waals surface area contributed by atoms with Gasteiger partial charge < -0.3 is 20.0 Å². The molecule has 0 aliphatic carbocycles. The molecule has 0 bridgehead atoms. The number of hydrogen-bond donors (Lipinski definition) is 2. The van der Waals surface area contributed by atoms with Crippen molar-refractivity contribution >= 4 is 17.3 Å². The summed E-state index contributed by atoms with van der Waals surface area (Å²) in [6.45, 7) is 0. The number of rotatable bonds is 6. The molecule has 2 N–H and O–H groups in total. The quantitative estimate of drug-likeness (QED) is 0.432. The number of carbonyl (C=O) groups excluding carboxylic acids is 1. The third kappa shape index (κ3) is 4.97. The Bertz CT molecular complexity index is 1130. The molecule has 0 saturated heterocycles. The Kier molecular flexibility index (Phi) is 6.62. The van der Waals surface area contributed by atoms with Crippen LogP contribution in [0.2, 0.25) is 0 Å². The molecule has 3 rings (SSSR count). The predicted molar refractivity (Wildman–Crippen MR) is 111 cm³/mol. The zero-order valence-electron chi connectivity index (χ0n) is 17.0. The molecule has 0 fully saturated rings. The van der Waals surface area contributed by atoms with Gasteiger partial charge >= 0.3 is 6.18 Å². The van der Waals surface area contributed by atoms with Crippen molar-refractivity contribution in [3.8, 4) is 11.5 Å². The molecule has 32 heavy (non-hydrogen) atoms. The first-order valence-corrected chi connectivity index (χ1v) is 9.17. The highest BCUT2D eigenvalue weighted by Gasteiger charge is 2.30. The summed E-state index contributed by atoms with van der Waals surface area (Å²) in [5.41, 5.74) is 0.692. The van der Waals surface area contributed by atoms with E-state index in [2.05, 4.69) is 15.5 Å². The molecule has 7 nitrogen and oxygen atoms in total. The van der Waals surface area contributed by atoms with Crippen LogP contribution in [0.15, 0.2) is 65.9 Å². The van der Waals surface area contributed by atoms with E-state index in [1.54, 1.807) is 24.3 Å². The number of aromatic nitrogens is 1. The average Bonchev–Trinajstić information content (AvgIpc) is 2.78. The van der Waals surface area contributed by atoms with Crippen molar-refractivity contribution in [2.45, 2.75) is 6.18 Å². The fourth-order valence-corrected chi connectivity index (χ4v) is 2.85. The van der Waals surface area contributed by atoms with Gasteiger partial charge in [0.05, 0.1) is 12.7 Å². The first kappa shape index (κ1) is 22.6. The van der Waals surface area contributed by atoms with E-state index in [-0.39, 0.29) is 17.2 Å². The van der Waals surface area contributed by atoms with Gasteiger partial charge in [-0.15, -0.1) is 0 Å². The third-order valence-electron chi connectivity index (χ3n) is 4.41. The minimum Gasteiger partial charge on any atom is -0.503 e. The first-order chi connectivity index (χ1) is 15.2. The summed E-state index contributed by atoms with van der Waals surface area (Å²) in [6, 6.07) is 12.3. The molecule has 1 heterocycles. The second kappa shape index (κ2) is 9.38. The summed E-state index contributed by atoms with van der Waals surface area (Å²) in [6.07, 6.45) is -3.11. The third-order valence-corrected chi connectivity index (χ3v) is 4.41. The number of hydrogen-bond acceptors (Lipinski definition) is 6. The Labute approximate surface area is 181 Å². The van der Waals surface area contributed by atoms with Gasteiger partial charge in [0.25, 0.3) is 5.91 Å². The molecule has 10 heteroatoms. The van der Waals surface area contributed by atoms with Crippen LogP contribution in [0.1, 0.15) is 27.2 Å². The smallest absolute Gasteiger partial charge is 0.416 e. The second-order valence-corrected chi connectivity index (χ2v) is 6.44. The molecule has 1 aromatic heterocycles. The van der Waals surface area contributed by atoms with E-state index in [9.17, 15) is 23.1 Å². The summed E-state index contributed by atoms with van der Waals surface area (Å²) in [7, 11) is 2.68. The molecule has 0 saturated carbocycles. The number of carbonyl (C=O) groups is 1. The van der Waals surface area contributed by atoms with Crippen molar-refractivity contribution in [1.29, 1.82) is 0 Å². The van der Waals surface area contributed by atoms with Crippen LogP contribution in [0, 0.1) is 0 Å². The van der Waals surface area contributed by atoms with Crippen molar-refractivity contribution in [3.05, 3.63) is 83.2 Å². The lowest BCUT2D eigenvalue weighted by Crippen LogP contribution is -2.14. The van der Waals surface area contributed by atoms with Gasteiger partial charge in [0.2, 0.25) is 0 Å². The maximum atomic E-state index is 12.8. The van der Waals surface area contributed by atoms with E-state index in [0.29, 0.717) is 22.5 Å². The largest absolute Gasteiger partial charge is 0.503 e. The van der Waals surface area contributed by atoms with Gasteiger partial charge in [0, 0.05) is 29.1 Å². The molecule has 0 aliphatic heterocycles. The second-order valence-electron chi connectivity index (χ2n) is 6.44. The highest BCUT2D eigenvalue weighted by atomic mass is 19.4. The van der Waals surface area contributed by atoms with Gasteiger partial charge in [0.1, 0.15) is 12.8 Å². The number of pyridine rings is 1. The number of nitrogens with zero attached hydrogens (tertiary/aromatic N) is 2. The van der Waals surface area contributed by atoms with Crippen LogP contribution in [0.25, 0.3) is 0 Å². The fraction of sp³-hybridized carbons (Fsp3) is 0.136. The van der Waals surface area contributed by atoms with E-state index in [0.717, 1.165) is 12.1 Å². The monoisotopic (exact) mass is 445 g/mol. The molecule has 166 valence electrons. The minimum atomic E-state index is -4.44. The van der Waals surface area contributed by atoms with Crippen molar-refractivity contribution in [2.75, 3.05) is 19.5 Å². The number of nitrogens with one attached hydrogen (secondary N) is 1. The van der Waals surface area contributed by atoms with Crippen LogP contribution in [-0.4, -0.2) is 35.9 Å². The highest BCUT2D eigenvalue weighted by Crippen LogP contribution is 2.30. The molecule has 0 radical (unpaired) electrons. The molecular weight excluding hydrogens is 427 g/mol. The molecule has 1 amide bonds. The molecule has 2 aromatic carbocycles. The predicted octanol–water partition coefficient (Wildman–Crippen LogP) is 4.47. The number of amides is 1. The van der Waals surface area contributed by atoms with Gasteiger partial charge in [-0.2, -0.15) is 13.2 Å². The van der Waals surface area contributed by atoms with E-state index in [1.807, 2.05) is 0 Å². The molecule has 0 aliphatic rings. The fourth-order valence-electron chi connectivity index (χ4n) is 2.85. The Morgan fingerprint density at radius 2 is 1.59 bits per heavy atom. The van der Waals surface area contributed by atoms with E-state index in [4.69, 9.17) is 9.57 Å². The van der Waals surface area contributed by atoms with Gasteiger partial charge in [0.15, 0.2) is 17.2 Å². The molecule has 3 aromatic rings. The zero-order chi connectivity index (χ0) is 23.3. The van der Waals surface area contributed by atoms with Crippen molar-refractivity contribution in [1.82, 2.24) is 4.98 Å². The van der Waals surface area contributed by atoms with Crippen LogP contribution in [0.3, 0.4) is 0 Å². The number of methoxy groups -OCH3 is 1. The van der Waals surface area contributed by atoms with E-state index in [1.165, 1.54) is 38.6 Å². The lowest BCUT2D eigenvalue weighted by molar-refractivity contribution is -0.137. The Morgan fingerprint density at radius 3 is 2.12 bits per heavy atom. The van der Waals surface area contributed by atoms with Crippen LogP contribution in [0.5, 0.6) is 11.5 Å². The molecule has 0 atom stereocenters. The SMILES string of the molecule is CON=C(c1ccc(NC(=O)c2nccc(OC)c2O)cc1)c1ccc(C(F)(F)F)cc1.